The SMILES string of the molecule is CC[Si](CC)(CC)O[C@@H](COCc1ccccc1)CC(C)=O. The van der Waals surface area contributed by atoms with E-state index in [0.29, 0.717) is 19.6 Å². The number of carbonyl (C=O) groups excluding carboxylic acids is 1. The van der Waals surface area contributed by atoms with Gasteiger partial charge in [-0.05, 0) is 30.6 Å². The Hall–Kier alpha value is -0.973. The monoisotopic (exact) mass is 322 g/mol. The second-order valence-electron chi connectivity index (χ2n) is 5.89. The molecule has 1 aromatic rings. The van der Waals surface area contributed by atoms with Crippen molar-refractivity contribution in [3.05, 3.63) is 35.9 Å². The van der Waals surface area contributed by atoms with E-state index in [1.807, 2.05) is 30.3 Å². The minimum atomic E-state index is -1.71. The molecule has 1 atom stereocenters. The van der Waals surface area contributed by atoms with E-state index in [2.05, 4.69) is 20.8 Å². The molecule has 0 N–H and O–H groups in total. The maximum atomic E-state index is 11.5. The molecular weight excluding hydrogens is 292 g/mol. The van der Waals surface area contributed by atoms with Gasteiger partial charge in [0.15, 0.2) is 8.32 Å². The van der Waals surface area contributed by atoms with Gasteiger partial charge in [0.05, 0.1) is 19.3 Å². The Morgan fingerprint density at radius 2 is 1.68 bits per heavy atom. The molecule has 22 heavy (non-hydrogen) atoms. The summed E-state index contributed by atoms with van der Waals surface area (Å²) < 4.78 is 12.2. The summed E-state index contributed by atoms with van der Waals surface area (Å²) >= 11 is 0. The number of Topliss-reactive ketones (excluding diaryl/α,β-unsaturated/α-hetero) is 1. The van der Waals surface area contributed by atoms with Crippen LogP contribution >= 0.6 is 0 Å². The highest BCUT2D eigenvalue weighted by Crippen LogP contribution is 2.24. The van der Waals surface area contributed by atoms with Crippen LogP contribution in [0.3, 0.4) is 0 Å². The lowest BCUT2D eigenvalue weighted by Crippen LogP contribution is -2.42. The molecule has 0 amide bonds. The van der Waals surface area contributed by atoms with E-state index in [1.54, 1.807) is 6.92 Å². The fourth-order valence-electron chi connectivity index (χ4n) is 2.69. The van der Waals surface area contributed by atoms with Crippen molar-refractivity contribution >= 4 is 14.1 Å². The second kappa shape index (κ2) is 9.93. The van der Waals surface area contributed by atoms with Gasteiger partial charge < -0.3 is 9.16 Å². The van der Waals surface area contributed by atoms with Gasteiger partial charge in [0, 0.05) is 6.42 Å². The van der Waals surface area contributed by atoms with Crippen molar-refractivity contribution in [2.45, 2.75) is 65.0 Å². The molecule has 1 rings (SSSR count). The lowest BCUT2D eigenvalue weighted by molar-refractivity contribution is -0.119. The van der Waals surface area contributed by atoms with E-state index in [-0.39, 0.29) is 11.9 Å². The zero-order valence-corrected chi connectivity index (χ0v) is 15.4. The number of benzene rings is 1. The molecule has 0 bridgehead atoms. The van der Waals surface area contributed by atoms with Gasteiger partial charge in [0.2, 0.25) is 0 Å². The second-order valence-corrected chi connectivity index (χ2v) is 10.6. The predicted octanol–water partition coefficient (Wildman–Crippen LogP) is 4.57. The molecule has 0 aliphatic heterocycles. The molecule has 0 aliphatic rings. The molecular formula is C18H30O3Si. The zero-order valence-electron chi connectivity index (χ0n) is 14.4. The third-order valence-corrected chi connectivity index (χ3v) is 8.98. The summed E-state index contributed by atoms with van der Waals surface area (Å²) in [7, 11) is -1.71. The Labute approximate surface area is 136 Å². The van der Waals surface area contributed by atoms with Gasteiger partial charge in [-0.2, -0.15) is 0 Å². The Kier molecular flexibility index (Phi) is 8.61. The molecule has 4 heteroatoms. The average molecular weight is 323 g/mol. The first-order chi connectivity index (χ1) is 10.5. The summed E-state index contributed by atoms with van der Waals surface area (Å²) in [5.41, 5.74) is 1.15. The van der Waals surface area contributed by atoms with Crippen molar-refractivity contribution in [1.82, 2.24) is 0 Å². The maximum absolute atomic E-state index is 11.5. The van der Waals surface area contributed by atoms with Crippen molar-refractivity contribution in [2.24, 2.45) is 0 Å². The van der Waals surface area contributed by atoms with Crippen LogP contribution in [0.15, 0.2) is 30.3 Å². The number of hydrogen-bond donors (Lipinski definition) is 0. The minimum absolute atomic E-state index is 0.104. The summed E-state index contributed by atoms with van der Waals surface area (Å²) in [6, 6.07) is 13.4. The van der Waals surface area contributed by atoms with Crippen molar-refractivity contribution in [1.29, 1.82) is 0 Å². The molecule has 1 aromatic carbocycles. The molecule has 0 saturated heterocycles. The number of hydrogen-bond acceptors (Lipinski definition) is 3. The molecule has 0 radical (unpaired) electrons. The molecule has 0 spiro atoms. The van der Waals surface area contributed by atoms with Crippen LogP contribution in [0.1, 0.15) is 39.7 Å². The van der Waals surface area contributed by atoms with Gasteiger partial charge in [0.1, 0.15) is 5.78 Å². The zero-order chi connectivity index (χ0) is 16.4. The van der Waals surface area contributed by atoms with E-state index in [0.717, 1.165) is 23.7 Å². The Balaban J connectivity index is 2.58. The summed E-state index contributed by atoms with van der Waals surface area (Å²) in [6.07, 6.45) is 0.344. The van der Waals surface area contributed by atoms with Gasteiger partial charge in [-0.1, -0.05) is 51.1 Å². The van der Waals surface area contributed by atoms with Crippen molar-refractivity contribution in [3.63, 3.8) is 0 Å². The summed E-state index contributed by atoms with van der Waals surface area (Å²) in [5, 5.41) is 0. The van der Waals surface area contributed by atoms with Crippen LogP contribution < -0.4 is 0 Å². The van der Waals surface area contributed by atoms with Crippen molar-refractivity contribution in [3.8, 4) is 0 Å². The molecule has 0 aliphatic carbocycles. The highest BCUT2D eigenvalue weighted by atomic mass is 28.4. The van der Waals surface area contributed by atoms with Crippen molar-refractivity contribution < 1.29 is 14.0 Å². The lowest BCUT2D eigenvalue weighted by Gasteiger charge is -2.33. The van der Waals surface area contributed by atoms with Crippen LogP contribution in [0.5, 0.6) is 0 Å². The van der Waals surface area contributed by atoms with Crippen LogP contribution in [-0.4, -0.2) is 26.8 Å². The molecule has 124 valence electrons. The van der Waals surface area contributed by atoms with Gasteiger partial charge in [-0.15, -0.1) is 0 Å². The standard InChI is InChI=1S/C18H30O3Si/c1-5-22(6-2,7-3)21-18(13-16(4)19)15-20-14-17-11-9-8-10-12-17/h8-12,18H,5-7,13-15H2,1-4H3/t18-/m1/s1. The Morgan fingerprint density at radius 3 is 2.18 bits per heavy atom. The largest absolute Gasteiger partial charge is 0.411 e. The predicted molar refractivity (Wildman–Crippen MR) is 93.5 cm³/mol. The van der Waals surface area contributed by atoms with Gasteiger partial charge in [-0.3, -0.25) is 4.79 Å². The van der Waals surface area contributed by atoms with Crippen LogP contribution in [-0.2, 0) is 20.6 Å². The third-order valence-electron chi connectivity index (χ3n) is 4.28. The maximum Gasteiger partial charge on any atom is 0.192 e. The van der Waals surface area contributed by atoms with E-state index in [9.17, 15) is 4.79 Å². The van der Waals surface area contributed by atoms with E-state index < -0.39 is 8.32 Å². The van der Waals surface area contributed by atoms with Crippen LogP contribution in [0.2, 0.25) is 18.1 Å². The minimum Gasteiger partial charge on any atom is -0.411 e. The van der Waals surface area contributed by atoms with Gasteiger partial charge in [0.25, 0.3) is 0 Å². The van der Waals surface area contributed by atoms with Crippen molar-refractivity contribution in [2.75, 3.05) is 6.61 Å². The quantitative estimate of drug-likeness (QED) is 0.560. The molecule has 3 nitrogen and oxygen atoms in total. The van der Waals surface area contributed by atoms with E-state index in [1.165, 1.54) is 0 Å². The first-order valence-electron chi connectivity index (χ1n) is 8.34. The van der Waals surface area contributed by atoms with E-state index in [4.69, 9.17) is 9.16 Å². The molecule has 0 fully saturated rings. The van der Waals surface area contributed by atoms with Gasteiger partial charge >= 0.3 is 0 Å². The summed E-state index contributed by atoms with van der Waals surface area (Å²) in [6.45, 7) is 9.29. The number of carbonyl (C=O) groups is 1. The Morgan fingerprint density at radius 1 is 1.09 bits per heavy atom. The average Bonchev–Trinajstić information content (AvgIpc) is 2.53. The molecule has 0 unspecified atom stereocenters. The topological polar surface area (TPSA) is 35.5 Å². The number of ketones is 1. The summed E-state index contributed by atoms with van der Waals surface area (Å²) in [5.74, 6) is 0.166. The number of ether oxygens (including phenoxy) is 1. The van der Waals surface area contributed by atoms with Crippen LogP contribution in [0.4, 0.5) is 0 Å². The van der Waals surface area contributed by atoms with Gasteiger partial charge in [-0.25, -0.2) is 0 Å². The highest BCUT2D eigenvalue weighted by Gasteiger charge is 2.32. The molecule has 0 heterocycles. The Bertz CT molecular complexity index is 421. The van der Waals surface area contributed by atoms with Crippen LogP contribution in [0, 0.1) is 0 Å². The lowest BCUT2D eigenvalue weighted by atomic mass is 10.2. The fraction of sp³-hybridized carbons (Fsp3) is 0.611. The first-order valence-corrected chi connectivity index (χ1v) is 10.9. The normalized spacial score (nSPS) is 13.1. The first kappa shape index (κ1) is 19.1. The summed E-state index contributed by atoms with van der Waals surface area (Å²) in [4.78, 5) is 11.5. The smallest absolute Gasteiger partial charge is 0.192 e. The van der Waals surface area contributed by atoms with Crippen LogP contribution in [0.25, 0.3) is 0 Å². The molecule has 0 saturated carbocycles. The molecule has 0 aromatic heterocycles. The fourth-order valence-corrected chi connectivity index (χ4v) is 5.55. The van der Waals surface area contributed by atoms with E-state index >= 15 is 0 Å². The third kappa shape index (κ3) is 6.42. The number of rotatable bonds is 11. The highest BCUT2D eigenvalue weighted by molar-refractivity contribution is 6.73.